The number of nitrogens with zero attached hydrogens (tertiary/aromatic N) is 3. The SMILES string of the molecule is C[C@@H](OCC1CC1)C(=O)N1CCN(c2ccc(C#N)cc2F)CC1. The molecule has 1 heterocycles. The van der Waals surface area contributed by atoms with E-state index in [9.17, 15) is 9.18 Å². The van der Waals surface area contributed by atoms with Gasteiger partial charge in [0.2, 0.25) is 0 Å². The zero-order chi connectivity index (χ0) is 17.1. The predicted molar refractivity (Wildman–Crippen MR) is 88.0 cm³/mol. The van der Waals surface area contributed by atoms with Gasteiger partial charge in [-0.15, -0.1) is 0 Å². The molecule has 0 N–H and O–H groups in total. The van der Waals surface area contributed by atoms with Gasteiger partial charge in [-0.3, -0.25) is 4.79 Å². The van der Waals surface area contributed by atoms with Crippen molar-refractivity contribution in [3.8, 4) is 6.07 Å². The molecule has 1 aromatic rings. The predicted octanol–water partition coefficient (Wildman–Crippen LogP) is 2.16. The van der Waals surface area contributed by atoms with Crippen LogP contribution >= 0.6 is 0 Å². The van der Waals surface area contributed by atoms with Crippen molar-refractivity contribution in [1.82, 2.24) is 4.90 Å². The lowest BCUT2D eigenvalue weighted by Gasteiger charge is -2.37. The summed E-state index contributed by atoms with van der Waals surface area (Å²) in [7, 11) is 0. The van der Waals surface area contributed by atoms with Gasteiger partial charge in [-0.05, 0) is 43.9 Å². The van der Waals surface area contributed by atoms with Crippen molar-refractivity contribution in [2.45, 2.75) is 25.9 Å². The van der Waals surface area contributed by atoms with E-state index in [1.807, 2.05) is 11.0 Å². The van der Waals surface area contributed by atoms with Crippen LogP contribution in [0.15, 0.2) is 18.2 Å². The van der Waals surface area contributed by atoms with E-state index < -0.39 is 11.9 Å². The van der Waals surface area contributed by atoms with Crippen molar-refractivity contribution in [1.29, 1.82) is 5.26 Å². The van der Waals surface area contributed by atoms with Gasteiger partial charge in [-0.1, -0.05) is 0 Å². The van der Waals surface area contributed by atoms with Crippen LogP contribution in [0, 0.1) is 23.1 Å². The van der Waals surface area contributed by atoms with Crippen molar-refractivity contribution < 1.29 is 13.9 Å². The molecule has 5 nitrogen and oxygen atoms in total. The summed E-state index contributed by atoms with van der Waals surface area (Å²) < 4.78 is 19.7. The van der Waals surface area contributed by atoms with Gasteiger partial charge in [0.25, 0.3) is 5.91 Å². The lowest BCUT2D eigenvalue weighted by atomic mass is 10.1. The van der Waals surface area contributed by atoms with E-state index in [1.54, 1.807) is 24.0 Å². The number of halogens is 1. The molecule has 128 valence electrons. The standard InChI is InChI=1S/C18H22FN3O2/c1-13(24-12-14-2-3-14)18(23)22-8-6-21(7-9-22)17-5-4-15(11-20)10-16(17)19/h4-5,10,13-14H,2-3,6-9,12H2,1H3/t13-/m1/s1. The summed E-state index contributed by atoms with van der Waals surface area (Å²) in [6.45, 7) is 4.72. The van der Waals surface area contributed by atoms with E-state index in [0.29, 0.717) is 50.0 Å². The van der Waals surface area contributed by atoms with Crippen LogP contribution in [0.5, 0.6) is 0 Å². The Labute approximate surface area is 141 Å². The molecule has 24 heavy (non-hydrogen) atoms. The van der Waals surface area contributed by atoms with E-state index in [0.717, 1.165) is 0 Å². The lowest BCUT2D eigenvalue weighted by Crippen LogP contribution is -2.51. The van der Waals surface area contributed by atoms with Crippen LogP contribution in [0.4, 0.5) is 10.1 Å². The summed E-state index contributed by atoms with van der Waals surface area (Å²) in [5, 5.41) is 8.81. The second-order valence-electron chi connectivity index (χ2n) is 6.51. The highest BCUT2D eigenvalue weighted by molar-refractivity contribution is 5.80. The molecule has 2 aliphatic rings. The first-order valence-electron chi connectivity index (χ1n) is 8.43. The highest BCUT2D eigenvalue weighted by atomic mass is 19.1. The average molecular weight is 331 g/mol. The highest BCUT2D eigenvalue weighted by Gasteiger charge is 2.28. The molecule has 0 unspecified atom stereocenters. The first-order valence-corrected chi connectivity index (χ1v) is 8.43. The van der Waals surface area contributed by atoms with E-state index in [1.165, 1.54) is 18.9 Å². The van der Waals surface area contributed by atoms with Crippen LogP contribution < -0.4 is 4.90 Å². The number of hydrogen-bond donors (Lipinski definition) is 0. The summed E-state index contributed by atoms with van der Waals surface area (Å²) in [5.74, 6) is 0.252. The Morgan fingerprint density at radius 3 is 2.67 bits per heavy atom. The number of benzene rings is 1. The van der Waals surface area contributed by atoms with Gasteiger partial charge >= 0.3 is 0 Å². The van der Waals surface area contributed by atoms with Crippen molar-refractivity contribution >= 4 is 11.6 Å². The largest absolute Gasteiger partial charge is 0.368 e. The molecule has 2 fully saturated rings. The molecule has 1 aromatic carbocycles. The molecular weight excluding hydrogens is 309 g/mol. The molecular formula is C18H22FN3O2. The number of carbonyl (C=O) groups excluding carboxylic acids is 1. The molecule has 1 saturated carbocycles. The number of carbonyl (C=O) groups is 1. The average Bonchev–Trinajstić information content (AvgIpc) is 3.43. The monoisotopic (exact) mass is 331 g/mol. The number of rotatable bonds is 5. The first-order chi connectivity index (χ1) is 11.6. The van der Waals surface area contributed by atoms with E-state index in [-0.39, 0.29) is 5.91 Å². The molecule has 0 spiro atoms. The Balaban J connectivity index is 1.53. The molecule has 1 aliphatic heterocycles. The van der Waals surface area contributed by atoms with Crippen molar-refractivity contribution in [2.75, 3.05) is 37.7 Å². The summed E-state index contributed by atoms with van der Waals surface area (Å²) in [6.07, 6.45) is 2.00. The number of nitriles is 1. The highest BCUT2D eigenvalue weighted by Crippen LogP contribution is 2.29. The van der Waals surface area contributed by atoms with Gasteiger partial charge in [-0.2, -0.15) is 5.26 Å². The second-order valence-corrected chi connectivity index (χ2v) is 6.51. The molecule has 1 aliphatic carbocycles. The van der Waals surface area contributed by atoms with E-state index in [4.69, 9.17) is 10.00 Å². The topological polar surface area (TPSA) is 56.6 Å². The Kier molecular flexibility index (Phi) is 5.00. The van der Waals surface area contributed by atoms with Gasteiger partial charge in [0.1, 0.15) is 11.9 Å². The lowest BCUT2D eigenvalue weighted by molar-refractivity contribution is -0.143. The molecule has 0 aromatic heterocycles. The number of piperazine rings is 1. The maximum Gasteiger partial charge on any atom is 0.251 e. The molecule has 0 bridgehead atoms. The van der Waals surface area contributed by atoms with Crippen LogP contribution in [0.3, 0.4) is 0 Å². The summed E-state index contributed by atoms with van der Waals surface area (Å²) in [6, 6.07) is 6.43. The second kappa shape index (κ2) is 7.18. The smallest absolute Gasteiger partial charge is 0.251 e. The summed E-state index contributed by atoms with van der Waals surface area (Å²) in [4.78, 5) is 16.1. The Morgan fingerprint density at radius 1 is 1.38 bits per heavy atom. The number of amides is 1. The minimum atomic E-state index is -0.413. The maximum absolute atomic E-state index is 14.1. The minimum absolute atomic E-state index is 0.00982. The summed E-state index contributed by atoms with van der Waals surface area (Å²) in [5.41, 5.74) is 0.797. The zero-order valence-corrected chi connectivity index (χ0v) is 13.9. The number of hydrogen-bond acceptors (Lipinski definition) is 4. The van der Waals surface area contributed by atoms with Gasteiger partial charge in [0.15, 0.2) is 0 Å². The Morgan fingerprint density at radius 2 is 2.08 bits per heavy atom. The molecule has 6 heteroatoms. The third-order valence-electron chi connectivity index (χ3n) is 4.64. The van der Waals surface area contributed by atoms with Crippen LogP contribution in [0.1, 0.15) is 25.3 Å². The fourth-order valence-corrected chi connectivity index (χ4v) is 2.89. The quantitative estimate of drug-likeness (QED) is 0.830. The Bertz CT molecular complexity index is 646. The minimum Gasteiger partial charge on any atom is -0.368 e. The van der Waals surface area contributed by atoms with Crippen LogP contribution in [0.25, 0.3) is 0 Å². The normalized spacial score (nSPS) is 19.0. The zero-order valence-electron chi connectivity index (χ0n) is 13.9. The number of ether oxygens (including phenoxy) is 1. The molecule has 0 radical (unpaired) electrons. The summed E-state index contributed by atoms with van der Waals surface area (Å²) >= 11 is 0. The van der Waals surface area contributed by atoms with Crippen LogP contribution in [0.2, 0.25) is 0 Å². The molecule has 3 rings (SSSR count). The van der Waals surface area contributed by atoms with Crippen LogP contribution in [-0.2, 0) is 9.53 Å². The van der Waals surface area contributed by atoms with E-state index in [2.05, 4.69) is 0 Å². The van der Waals surface area contributed by atoms with Gasteiger partial charge in [0.05, 0.1) is 23.9 Å². The van der Waals surface area contributed by atoms with E-state index >= 15 is 0 Å². The number of anilines is 1. The van der Waals surface area contributed by atoms with Crippen molar-refractivity contribution in [2.24, 2.45) is 5.92 Å². The van der Waals surface area contributed by atoms with Crippen molar-refractivity contribution in [3.05, 3.63) is 29.6 Å². The molecule has 1 atom stereocenters. The first kappa shape index (κ1) is 16.7. The third kappa shape index (κ3) is 3.85. The fourth-order valence-electron chi connectivity index (χ4n) is 2.89. The third-order valence-corrected chi connectivity index (χ3v) is 4.64. The van der Waals surface area contributed by atoms with Gasteiger partial charge < -0.3 is 14.5 Å². The molecule has 1 saturated heterocycles. The maximum atomic E-state index is 14.1. The van der Waals surface area contributed by atoms with Crippen molar-refractivity contribution in [3.63, 3.8) is 0 Å². The van der Waals surface area contributed by atoms with Crippen LogP contribution in [-0.4, -0.2) is 49.7 Å². The van der Waals surface area contributed by atoms with Gasteiger partial charge in [-0.25, -0.2) is 4.39 Å². The molecule has 1 amide bonds. The fraction of sp³-hybridized carbons (Fsp3) is 0.556. The van der Waals surface area contributed by atoms with Gasteiger partial charge in [0, 0.05) is 26.2 Å². The Hall–Kier alpha value is -2.13.